The zero-order valence-electron chi connectivity index (χ0n) is 82.5. The zero-order chi connectivity index (χ0) is 100. The number of nitrogens with zero attached hydrogens (tertiary/aromatic N) is 15. The number of cyclic esters (lactones) is 1. The Kier molecular flexibility index (Phi) is 36.6. The number of benzene rings is 2. The lowest BCUT2D eigenvalue weighted by molar-refractivity contribution is -0.265. The third-order valence-electron chi connectivity index (χ3n) is 28.5. The molecule has 8 N–H and O–H groups in total. The fourth-order valence-corrected chi connectivity index (χ4v) is 20.0. The molecule has 1 aliphatic carbocycles. The number of esters is 1. The third-order valence-corrected chi connectivity index (χ3v) is 28.5. The number of carbonyl (C=O) groups excluding carboxylic acids is 9. The van der Waals surface area contributed by atoms with Crippen LogP contribution in [0.3, 0.4) is 0 Å². The summed E-state index contributed by atoms with van der Waals surface area (Å²) in [5.74, 6) is -7.79. The number of hydrogen-bond donors (Lipinski definition) is 6. The van der Waals surface area contributed by atoms with E-state index in [0.29, 0.717) is 205 Å². The Morgan fingerprint density at radius 1 is 0.702 bits per heavy atom. The van der Waals surface area contributed by atoms with Gasteiger partial charge in [0.2, 0.25) is 29.5 Å². The quantitative estimate of drug-likeness (QED) is 0.0122. The third kappa shape index (κ3) is 26.9. The number of alkyl carbamates (subject to hydrolysis) is 1. The van der Waals surface area contributed by atoms with Crippen LogP contribution in [0.5, 0.6) is 0 Å². The number of nitrogens with one attached hydrogen (secondary N) is 2. The minimum atomic E-state index is -2.50. The van der Waals surface area contributed by atoms with E-state index in [0.717, 1.165) is 40.9 Å². The first kappa shape index (κ1) is 105. The van der Waals surface area contributed by atoms with Crippen molar-refractivity contribution >= 4 is 98.9 Å². The van der Waals surface area contributed by atoms with Crippen molar-refractivity contribution < 1.29 is 95.7 Å². The van der Waals surface area contributed by atoms with E-state index in [1.54, 1.807) is 71.7 Å². The smallest absolute Gasteiger partial charge is 0.407 e. The highest BCUT2D eigenvalue weighted by molar-refractivity contribution is 6.39. The zero-order valence-corrected chi connectivity index (χ0v) is 82.5. The van der Waals surface area contributed by atoms with Gasteiger partial charge in [-0.3, -0.25) is 38.5 Å². The number of fused-ring (bicyclic) bond motifs is 6. The van der Waals surface area contributed by atoms with Crippen molar-refractivity contribution in [1.29, 1.82) is 0 Å². The number of oxazole rings is 1. The molecule has 14 rings (SSSR count). The Morgan fingerprint density at radius 3 is 2.18 bits per heavy atom. The average Bonchev–Trinajstić information content (AvgIpc) is 1.62. The van der Waals surface area contributed by atoms with Crippen molar-refractivity contribution in [1.82, 2.24) is 74.9 Å². The summed E-state index contributed by atoms with van der Waals surface area (Å²) in [7, 11) is 4.46. The molecule has 6 aliphatic heterocycles. The molecule has 5 amide bonds. The van der Waals surface area contributed by atoms with E-state index in [1.807, 2.05) is 88.7 Å². The van der Waals surface area contributed by atoms with Crippen molar-refractivity contribution in [2.45, 2.75) is 219 Å². The van der Waals surface area contributed by atoms with E-state index >= 15 is 0 Å². The van der Waals surface area contributed by atoms with Crippen molar-refractivity contribution in [2.75, 3.05) is 148 Å². The average molecular weight is 1950 g/mol. The lowest BCUT2D eigenvalue weighted by Crippen LogP contribution is -2.61. The molecule has 2 aromatic carbocycles. The summed E-state index contributed by atoms with van der Waals surface area (Å²) in [6.45, 7) is 21.1. The molecule has 0 radical (unpaired) electrons. The highest BCUT2D eigenvalue weighted by Gasteiger charge is 2.54. The maximum Gasteiger partial charge on any atom is 0.407 e. The van der Waals surface area contributed by atoms with Crippen molar-refractivity contribution in [3.63, 3.8) is 0 Å². The number of allylic oxidation sites excluding steroid dienone is 6. The van der Waals surface area contributed by atoms with Crippen LogP contribution in [0.25, 0.3) is 33.4 Å². The van der Waals surface area contributed by atoms with Gasteiger partial charge >= 0.3 is 12.1 Å². The number of aliphatic hydroxyl groups is 2. The molecule has 5 fully saturated rings. The fraction of sp³-hybridized carbons (Fsp3) is 0.578. The first-order chi connectivity index (χ1) is 67.9. The molecular weight excluding hydrogens is 1810 g/mol. The van der Waals surface area contributed by atoms with Crippen LogP contribution in [0, 0.1) is 35.5 Å². The summed E-state index contributed by atoms with van der Waals surface area (Å²) in [6.07, 6.45) is 17.9. The molecule has 4 saturated heterocycles. The highest BCUT2D eigenvalue weighted by atomic mass is 16.6. The fourth-order valence-electron chi connectivity index (χ4n) is 20.0. The van der Waals surface area contributed by atoms with Gasteiger partial charge in [0.1, 0.15) is 59.6 Å². The number of ketones is 3. The molecule has 7 aliphatic rings. The molecule has 1 saturated carbocycles. The molecule has 3 unspecified atom stereocenters. The Morgan fingerprint density at radius 2 is 1.44 bits per heavy atom. The molecule has 0 spiro atoms. The molecule has 760 valence electrons. The maximum atomic E-state index is 14.8. The number of piperidine rings is 1. The lowest BCUT2D eigenvalue weighted by Gasteiger charge is -2.42. The maximum absolute atomic E-state index is 14.8. The first-order valence-corrected chi connectivity index (χ1v) is 49.4. The topological polar surface area (TPSA) is 485 Å². The van der Waals surface area contributed by atoms with Crippen molar-refractivity contribution in [2.24, 2.45) is 35.5 Å². The van der Waals surface area contributed by atoms with E-state index < -0.39 is 102 Å². The van der Waals surface area contributed by atoms with Crippen molar-refractivity contribution in [3.8, 4) is 11.3 Å². The Bertz CT molecular complexity index is 5640. The normalized spacial score (nSPS) is 26.9. The van der Waals surface area contributed by atoms with Gasteiger partial charge in [0.15, 0.2) is 17.0 Å². The molecule has 5 aromatic heterocycles. The van der Waals surface area contributed by atoms with Gasteiger partial charge in [-0.15, -0.1) is 0 Å². The van der Waals surface area contributed by atoms with Crippen LogP contribution in [-0.2, 0) is 97.5 Å². The van der Waals surface area contributed by atoms with E-state index in [4.69, 9.17) is 58.9 Å². The molecule has 39 heteroatoms. The van der Waals surface area contributed by atoms with Gasteiger partial charge in [-0.1, -0.05) is 89.3 Å². The summed E-state index contributed by atoms with van der Waals surface area (Å²) in [4.78, 5) is 168. The van der Waals surface area contributed by atoms with Crippen LogP contribution in [0.2, 0.25) is 0 Å². The largest absolute Gasteiger partial charge is 0.460 e. The number of methoxy groups -OCH3 is 3. The standard InChI is InChI=1S/C102H137N19O20/c1-62-16-12-11-13-17-63(2)82(133-8)52-76-24-19-68(7)102(132,141-76)92(127)96(129)120-31-15-14-18-78(120)97(130)138-83(53-79(122)64(3)47-67(6)90(126)91(135-10)89(125)66(5)46-62)65(4)48-69-21-25-81(84(50-69)134-9)140-101(131)105-30-44-136-42-28-85(123)106-54-71-55-107-99(108-56-71)118-39-37-116(38-40-118)86(124)29-43-137-45-41-115-33-35-117(36-34-115)100-109-57-75(58-110-100)95(128)119-32-27-72-49-70(20-22-74(72)60-119)59-121-94-87(93(103)111-61-112-94)88(114-121)73-23-26-80-77(51-73)113-98(104)139-80/h11-13,16-17,20,22-23,26,47,49,51,55-58,61-62,64-66,68-69,76,78,81-84,90-91,126,132H,14-15,18-19,21,24-25,27-46,48,50,52-54,59-60H2,1-10H3,(H2,104,113)(H,105,131)(H,106,123)(H2,103,111,112)/b13-11+,16-12+,63-17+,67-47+/t62-,64-,65-,66?,68-,69?,76+,78+,81-,82?,83+,84-,90-,91+,102-/m1/s1. The molecule has 2 bridgehead atoms. The first-order valence-electron chi connectivity index (χ1n) is 49.4. The van der Waals surface area contributed by atoms with E-state index in [1.165, 1.54) is 25.4 Å². The lowest BCUT2D eigenvalue weighted by atomic mass is 9.78. The number of nitrogen functional groups attached to an aromatic ring is 2. The number of piperazine rings is 2. The highest BCUT2D eigenvalue weighted by Crippen LogP contribution is 2.40. The van der Waals surface area contributed by atoms with E-state index in [9.17, 15) is 53.4 Å². The molecule has 7 aromatic rings. The second kappa shape index (κ2) is 49.2. The number of ether oxygens (including phenoxy) is 8. The van der Waals surface area contributed by atoms with Crippen LogP contribution >= 0.6 is 0 Å². The number of Topliss-reactive ketones (excluding diaryl/α,β-unsaturated/α-hetero) is 3. The van der Waals surface area contributed by atoms with Gasteiger partial charge in [0, 0.05) is 186 Å². The van der Waals surface area contributed by atoms with Crippen LogP contribution in [0.1, 0.15) is 171 Å². The minimum Gasteiger partial charge on any atom is -0.460 e. The Labute approximate surface area is 821 Å². The van der Waals surface area contributed by atoms with Crippen LogP contribution < -0.4 is 31.9 Å². The molecule has 11 heterocycles. The SMILES string of the molecule is COC1C[C@@H]2CC[C@@H](C)[C@@](O)(O2)C(=O)C(=O)N2CCCC[C@H]2C(=O)O[C@H]([C@H](C)CC2CC[C@@H](OC(=O)NCCOCCC(=O)NCc3cnc(N4CCN(C(=O)CCOCCN5CCN(c6ncc(C(=O)N7CCc8cc(Cn9nc(-c%10ccc%11oc(N)nc%11c%10)c%10c(N)ncnc%109)ccc8C7)cn6)CC5)CC4)nc3)[C@H](OC)C2)CC(=O)[C@H](C)/C=C(\C)[C@@H](O)[C@@H](OC)C(=O)C(C)C[C@H](C)/C=C/C=C/C=C/1C. The number of rotatable bonds is 27. The van der Waals surface area contributed by atoms with E-state index in [-0.39, 0.29) is 112 Å². The number of aliphatic hydroxyl groups excluding tert-OH is 1. The predicted molar refractivity (Wildman–Crippen MR) is 523 cm³/mol. The van der Waals surface area contributed by atoms with Gasteiger partial charge in [-0.2, -0.15) is 10.1 Å². The van der Waals surface area contributed by atoms with Crippen LogP contribution in [0.4, 0.5) is 28.5 Å². The predicted octanol–water partition coefficient (Wildman–Crippen LogP) is 8.45. The van der Waals surface area contributed by atoms with Gasteiger partial charge in [-0.05, 0) is 148 Å². The summed E-state index contributed by atoms with van der Waals surface area (Å²) in [5.41, 5.74) is 21.0. The summed E-state index contributed by atoms with van der Waals surface area (Å²) in [5, 5.41) is 35.0. The summed E-state index contributed by atoms with van der Waals surface area (Å²) < 4.78 is 55.0. The number of carbonyl (C=O) groups is 9. The van der Waals surface area contributed by atoms with Crippen LogP contribution in [0.15, 0.2) is 120 Å². The number of aromatic nitrogens is 9. The number of amides is 5. The molecule has 15 atom stereocenters. The van der Waals surface area contributed by atoms with Crippen molar-refractivity contribution in [3.05, 3.63) is 143 Å². The second-order valence-electron chi connectivity index (χ2n) is 38.5. The van der Waals surface area contributed by atoms with Gasteiger partial charge < -0.3 is 99.1 Å². The molecular formula is C102H137N19O20. The number of anilines is 4. The summed E-state index contributed by atoms with van der Waals surface area (Å²) >= 11 is 0. The number of nitrogens with two attached hydrogens (primary N) is 2. The van der Waals surface area contributed by atoms with Gasteiger partial charge in [-0.25, -0.2) is 44.2 Å². The monoisotopic (exact) mass is 1950 g/mol. The van der Waals surface area contributed by atoms with E-state index in [2.05, 4.69) is 67.5 Å². The van der Waals surface area contributed by atoms with Gasteiger partial charge in [0.25, 0.3) is 23.6 Å². The summed E-state index contributed by atoms with van der Waals surface area (Å²) in [6, 6.07) is 10.7. The molecule has 141 heavy (non-hydrogen) atoms. The van der Waals surface area contributed by atoms with Gasteiger partial charge in [0.05, 0.1) is 68.7 Å². The van der Waals surface area contributed by atoms with Crippen LogP contribution in [-0.4, -0.2) is 308 Å². The minimum absolute atomic E-state index is 0.0212. The Hall–Kier alpha value is -12.0. The molecule has 39 nitrogen and oxygen atoms in total. The second-order valence-corrected chi connectivity index (χ2v) is 38.5. The number of hydrogen-bond acceptors (Lipinski definition) is 33. The Balaban J connectivity index is 0.462.